The van der Waals surface area contributed by atoms with Crippen LogP contribution in [-0.2, 0) is 4.74 Å². The summed E-state index contributed by atoms with van der Waals surface area (Å²) < 4.78 is 5.65. The predicted molar refractivity (Wildman–Crippen MR) is 61.8 cm³/mol. The first-order valence-electron chi connectivity index (χ1n) is 6.37. The highest BCUT2D eigenvalue weighted by atomic mass is 16.5. The van der Waals surface area contributed by atoms with E-state index in [-0.39, 0.29) is 0 Å². The van der Waals surface area contributed by atoms with E-state index in [1.165, 1.54) is 38.8 Å². The molecule has 0 spiro atoms. The molecule has 2 rings (SSSR count). The Balaban J connectivity index is 1.86. The van der Waals surface area contributed by atoms with Gasteiger partial charge in [0.1, 0.15) is 0 Å². The molecule has 3 nitrogen and oxygen atoms in total. The molecule has 0 aromatic heterocycles. The van der Waals surface area contributed by atoms with Crippen LogP contribution in [0, 0.1) is 5.92 Å². The molecule has 0 bridgehead atoms. The highest BCUT2D eigenvalue weighted by Crippen LogP contribution is 2.26. The molecule has 3 heteroatoms. The molecular weight excluding hydrogens is 188 g/mol. The summed E-state index contributed by atoms with van der Waals surface area (Å²) in [5.41, 5.74) is 5.64. The average molecular weight is 212 g/mol. The van der Waals surface area contributed by atoms with Crippen molar-refractivity contribution in [2.24, 2.45) is 11.7 Å². The van der Waals surface area contributed by atoms with Crippen LogP contribution < -0.4 is 5.73 Å². The summed E-state index contributed by atoms with van der Waals surface area (Å²) >= 11 is 0. The molecule has 3 atom stereocenters. The zero-order valence-corrected chi connectivity index (χ0v) is 9.82. The van der Waals surface area contributed by atoms with E-state index < -0.39 is 0 Å². The highest BCUT2D eigenvalue weighted by Gasteiger charge is 2.32. The van der Waals surface area contributed by atoms with Crippen LogP contribution in [0.15, 0.2) is 0 Å². The van der Waals surface area contributed by atoms with E-state index in [0.29, 0.717) is 12.1 Å². The molecule has 3 unspecified atom stereocenters. The largest absolute Gasteiger partial charge is 0.377 e. The van der Waals surface area contributed by atoms with Crippen LogP contribution in [0.5, 0.6) is 0 Å². The lowest BCUT2D eigenvalue weighted by atomic mass is 9.93. The van der Waals surface area contributed by atoms with Crippen LogP contribution in [0.2, 0.25) is 0 Å². The van der Waals surface area contributed by atoms with Crippen LogP contribution in [-0.4, -0.2) is 43.3 Å². The van der Waals surface area contributed by atoms with Gasteiger partial charge in [0.05, 0.1) is 6.10 Å². The Bertz CT molecular complexity index is 196. The van der Waals surface area contributed by atoms with Gasteiger partial charge in [-0.3, -0.25) is 4.90 Å². The van der Waals surface area contributed by atoms with Crippen molar-refractivity contribution in [1.82, 2.24) is 4.90 Å². The van der Waals surface area contributed by atoms with Gasteiger partial charge in [-0.1, -0.05) is 0 Å². The van der Waals surface area contributed by atoms with Crippen molar-refractivity contribution in [1.29, 1.82) is 0 Å². The van der Waals surface area contributed by atoms with Crippen LogP contribution in [0.4, 0.5) is 0 Å². The molecule has 0 radical (unpaired) electrons. The minimum absolute atomic E-state index is 0.432. The van der Waals surface area contributed by atoms with Crippen molar-refractivity contribution in [3.8, 4) is 0 Å². The molecule has 2 aliphatic rings. The van der Waals surface area contributed by atoms with Gasteiger partial charge in [0.25, 0.3) is 0 Å². The molecule has 0 saturated carbocycles. The zero-order chi connectivity index (χ0) is 10.7. The molecule has 2 saturated heterocycles. The molecule has 0 aromatic carbocycles. The fraction of sp³-hybridized carbons (Fsp3) is 1.00. The van der Waals surface area contributed by atoms with Gasteiger partial charge < -0.3 is 10.5 Å². The number of hydrogen-bond donors (Lipinski definition) is 1. The molecule has 0 aliphatic carbocycles. The molecule has 2 heterocycles. The standard InChI is InChI=1S/C12H24N2O/c1-10-12(5-8-15-10)14-7-2-3-11(9-14)4-6-13/h10-12H,2-9,13H2,1H3. The normalized spacial score (nSPS) is 38.4. The third kappa shape index (κ3) is 2.71. The van der Waals surface area contributed by atoms with E-state index >= 15 is 0 Å². The fourth-order valence-corrected chi connectivity index (χ4v) is 3.07. The molecule has 2 N–H and O–H groups in total. The average Bonchev–Trinajstić information content (AvgIpc) is 2.65. The number of likely N-dealkylation sites (tertiary alicyclic amines) is 1. The van der Waals surface area contributed by atoms with Gasteiger partial charge in [-0.05, 0) is 51.6 Å². The molecule has 0 amide bonds. The predicted octanol–water partition coefficient (Wildman–Crippen LogP) is 1.22. The van der Waals surface area contributed by atoms with Gasteiger partial charge in [-0.25, -0.2) is 0 Å². The number of hydrogen-bond acceptors (Lipinski definition) is 3. The lowest BCUT2D eigenvalue weighted by molar-refractivity contribution is 0.0521. The maximum Gasteiger partial charge on any atom is 0.0703 e. The van der Waals surface area contributed by atoms with E-state index in [2.05, 4.69) is 11.8 Å². The van der Waals surface area contributed by atoms with Gasteiger partial charge in [0.2, 0.25) is 0 Å². The number of piperidine rings is 1. The van der Waals surface area contributed by atoms with Crippen molar-refractivity contribution in [2.45, 2.75) is 44.8 Å². The zero-order valence-electron chi connectivity index (χ0n) is 9.82. The maximum atomic E-state index is 5.65. The Hall–Kier alpha value is -0.120. The third-order valence-corrected chi connectivity index (χ3v) is 3.93. The van der Waals surface area contributed by atoms with E-state index in [4.69, 9.17) is 10.5 Å². The van der Waals surface area contributed by atoms with Gasteiger partial charge in [0, 0.05) is 19.2 Å². The Kier molecular flexibility index (Phi) is 4.00. The van der Waals surface area contributed by atoms with E-state index in [9.17, 15) is 0 Å². The first-order chi connectivity index (χ1) is 7.31. The molecule has 15 heavy (non-hydrogen) atoms. The maximum absolute atomic E-state index is 5.65. The lowest BCUT2D eigenvalue weighted by Gasteiger charge is -2.37. The van der Waals surface area contributed by atoms with Gasteiger partial charge >= 0.3 is 0 Å². The molecule has 2 aliphatic heterocycles. The minimum atomic E-state index is 0.432. The van der Waals surface area contributed by atoms with E-state index in [1.807, 2.05) is 0 Å². The molecule has 88 valence electrons. The Morgan fingerprint density at radius 1 is 1.40 bits per heavy atom. The smallest absolute Gasteiger partial charge is 0.0703 e. The summed E-state index contributed by atoms with van der Waals surface area (Å²) in [7, 11) is 0. The summed E-state index contributed by atoms with van der Waals surface area (Å²) in [4.78, 5) is 2.64. The van der Waals surface area contributed by atoms with Crippen molar-refractivity contribution in [3.63, 3.8) is 0 Å². The first kappa shape index (κ1) is 11.4. The molecule has 0 aromatic rings. The number of nitrogens with zero attached hydrogens (tertiary/aromatic N) is 1. The second-order valence-corrected chi connectivity index (χ2v) is 5.01. The quantitative estimate of drug-likeness (QED) is 0.764. The van der Waals surface area contributed by atoms with Crippen LogP contribution in [0.3, 0.4) is 0 Å². The van der Waals surface area contributed by atoms with Crippen molar-refractivity contribution in [3.05, 3.63) is 0 Å². The summed E-state index contributed by atoms with van der Waals surface area (Å²) in [6, 6.07) is 0.672. The van der Waals surface area contributed by atoms with Crippen molar-refractivity contribution < 1.29 is 4.74 Å². The minimum Gasteiger partial charge on any atom is -0.377 e. The number of rotatable bonds is 3. The Labute approximate surface area is 93.0 Å². The summed E-state index contributed by atoms with van der Waals surface area (Å²) in [6.45, 7) is 6.51. The van der Waals surface area contributed by atoms with Crippen molar-refractivity contribution >= 4 is 0 Å². The van der Waals surface area contributed by atoms with Gasteiger partial charge in [0.15, 0.2) is 0 Å². The van der Waals surface area contributed by atoms with Crippen LogP contribution in [0.25, 0.3) is 0 Å². The Morgan fingerprint density at radius 2 is 2.27 bits per heavy atom. The van der Waals surface area contributed by atoms with E-state index in [0.717, 1.165) is 19.1 Å². The fourth-order valence-electron chi connectivity index (χ4n) is 3.07. The lowest BCUT2D eigenvalue weighted by Crippen LogP contribution is -2.45. The van der Waals surface area contributed by atoms with Gasteiger partial charge in [-0.15, -0.1) is 0 Å². The number of nitrogens with two attached hydrogens (primary N) is 1. The SMILES string of the molecule is CC1OCCC1N1CCCC(CCN)C1. The first-order valence-corrected chi connectivity index (χ1v) is 6.37. The topological polar surface area (TPSA) is 38.5 Å². The van der Waals surface area contributed by atoms with Crippen LogP contribution in [0.1, 0.15) is 32.6 Å². The molecular formula is C12H24N2O. The summed E-state index contributed by atoms with van der Waals surface area (Å²) in [5, 5.41) is 0. The summed E-state index contributed by atoms with van der Waals surface area (Å²) in [5.74, 6) is 0.830. The monoisotopic (exact) mass is 212 g/mol. The van der Waals surface area contributed by atoms with Gasteiger partial charge in [-0.2, -0.15) is 0 Å². The summed E-state index contributed by atoms with van der Waals surface area (Å²) in [6.07, 6.45) is 5.56. The highest BCUT2D eigenvalue weighted by molar-refractivity contribution is 4.85. The third-order valence-electron chi connectivity index (χ3n) is 3.93. The van der Waals surface area contributed by atoms with Crippen LogP contribution >= 0.6 is 0 Å². The Morgan fingerprint density at radius 3 is 2.93 bits per heavy atom. The second-order valence-electron chi connectivity index (χ2n) is 5.01. The molecule has 2 fully saturated rings. The second kappa shape index (κ2) is 5.28. The van der Waals surface area contributed by atoms with Crippen molar-refractivity contribution in [2.75, 3.05) is 26.2 Å². The number of ether oxygens (including phenoxy) is 1. The van der Waals surface area contributed by atoms with E-state index in [1.54, 1.807) is 0 Å².